The van der Waals surface area contributed by atoms with Crippen LogP contribution < -0.4 is 15.2 Å². The molecule has 3 N–H and O–H groups in total. The van der Waals surface area contributed by atoms with Crippen molar-refractivity contribution in [2.24, 2.45) is 0 Å². The van der Waals surface area contributed by atoms with E-state index in [1.807, 2.05) is 20.8 Å². The minimum atomic E-state index is -3.63. The number of nitrogen functional groups attached to an aromatic ring is 1. The fourth-order valence-electron chi connectivity index (χ4n) is 1.65. The van der Waals surface area contributed by atoms with Gasteiger partial charge in [0.05, 0.1) is 23.3 Å². The fraction of sp³-hybridized carbons (Fsp3) is 0.538. The number of methoxy groups -OCH3 is 1. The molecular formula is C13H22N2O4S. The lowest BCUT2D eigenvalue weighted by Gasteiger charge is -2.24. The number of anilines is 1. The molecule has 0 fully saturated rings. The van der Waals surface area contributed by atoms with Gasteiger partial charge < -0.3 is 15.2 Å². The summed E-state index contributed by atoms with van der Waals surface area (Å²) >= 11 is 0. The number of sulfonamides is 1. The Morgan fingerprint density at radius 3 is 2.55 bits per heavy atom. The standard InChI is InChI=1S/C13H22N2O4S/c1-5-19-13(2,3)9-15-20(16,17)10-6-7-11(14)12(8-10)18-4/h6-8,15H,5,9,14H2,1-4H3. The van der Waals surface area contributed by atoms with Gasteiger partial charge in [0, 0.05) is 19.2 Å². The molecule has 0 aliphatic rings. The molecule has 0 aromatic heterocycles. The van der Waals surface area contributed by atoms with Crippen LogP contribution in [0.2, 0.25) is 0 Å². The second kappa shape index (κ2) is 6.43. The van der Waals surface area contributed by atoms with Crippen molar-refractivity contribution >= 4 is 15.7 Å². The number of nitrogens with two attached hydrogens (primary N) is 1. The molecule has 1 rings (SSSR count). The Morgan fingerprint density at radius 2 is 2.00 bits per heavy atom. The van der Waals surface area contributed by atoms with E-state index in [4.69, 9.17) is 15.2 Å². The van der Waals surface area contributed by atoms with Crippen LogP contribution in [0.15, 0.2) is 23.1 Å². The van der Waals surface area contributed by atoms with Crippen molar-refractivity contribution in [3.05, 3.63) is 18.2 Å². The first-order chi connectivity index (χ1) is 9.22. The molecule has 114 valence electrons. The highest BCUT2D eigenvalue weighted by Crippen LogP contribution is 2.24. The number of benzene rings is 1. The van der Waals surface area contributed by atoms with Crippen molar-refractivity contribution in [3.63, 3.8) is 0 Å². The van der Waals surface area contributed by atoms with Crippen molar-refractivity contribution in [3.8, 4) is 5.75 Å². The molecule has 0 aliphatic carbocycles. The van der Waals surface area contributed by atoms with Crippen LogP contribution in [0.3, 0.4) is 0 Å². The average molecular weight is 302 g/mol. The topological polar surface area (TPSA) is 90.7 Å². The third-order valence-corrected chi connectivity index (χ3v) is 4.14. The average Bonchev–Trinajstić information content (AvgIpc) is 2.37. The molecule has 0 amide bonds. The summed E-state index contributed by atoms with van der Waals surface area (Å²) in [4.78, 5) is 0.107. The predicted molar refractivity (Wildman–Crippen MR) is 78.3 cm³/mol. The van der Waals surface area contributed by atoms with E-state index < -0.39 is 15.6 Å². The Hall–Kier alpha value is -1.31. The molecule has 0 radical (unpaired) electrons. The van der Waals surface area contributed by atoms with Crippen LogP contribution >= 0.6 is 0 Å². The zero-order valence-electron chi connectivity index (χ0n) is 12.3. The molecule has 0 heterocycles. The van der Waals surface area contributed by atoms with Crippen LogP contribution in [0.4, 0.5) is 5.69 Å². The highest BCUT2D eigenvalue weighted by Gasteiger charge is 2.23. The van der Waals surface area contributed by atoms with Crippen LogP contribution in [-0.2, 0) is 14.8 Å². The van der Waals surface area contributed by atoms with E-state index in [-0.39, 0.29) is 11.4 Å². The summed E-state index contributed by atoms with van der Waals surface area (Å²) < 4.78 is 37.4. The molecule has 7 heteroatoms. The normalized spacial score (nSPS) is 12.4. The molecular weight excluding hydrogens is 280 g/mol. The molecule has 20 heavy (non-hydrogen) atoms. The quantitative estimate of drug-likeness (QED) is 0.742. The van der Waals surface area contributed by atoms with Gasteiger partial charge in [-0.05, 0) is 32.9 Å². The van der Waals surface area contributed by atoms with Crippen LogP contribution in [0.25, 0.3) is 0 Å². The molecule has 0 bridgehead atoms. The lowest BCUT2D eigenvalue weighted by Crippen LogP contribution is -2.40. The maximum Gasteiger partial charge on any atom is 0.240 e. The Labute approximate surface area is 120 Å². The van der Waals surface area contributed by atoms with Crippen LogP contribution in [0.5, 0.6) is 5.75 Å². The summed E-state index contributed by atoms with van der Waals surface area (Å²) in [6.45, 7) is 6.20. The van der Waals surface area contributed by atoms with Crippen molar-refractivity contribution < 1.29 is 17.9 Å². The van der Waals surface area contributed by atoms with E-state index in [1.54, 1.807) is 0 Å². The van der Waals surface area contributed by atoms with E-state index in [0.717, 1.165) is 0 Å². The SMILES string of the molecule is CCOC(C)(C)CNS(=O)(=O)c1ccc(N)c(OC)c1. The highest BCUT2D eigenvalue weighted by molar-refractivity contribution is 7.89. The van der Waals surface area contributed by atoms with E-state index in [9.17, 15) is 8.42 Å². The monoisotopic (exact) mass is 302 g/mol. The molecule has 1 aromatic carbocycles. The first-order valence-corrected chi connectivity index (χ1v) is 7.77. The lowest BCUT2D eigenvalue weighted by atomic mass is 10.1. The van der Waals surface area contributed by atoms with Gasteiger partial charge in [-0.15, -0.1) is 0 Å². The Bertz CT molecular complexity index is 555. The van der Waals surface area contributed by atoms with Gasteiger partial charge in [0.2, 0.25) is 10.0 Å². The van der Waals surface area contributed by atoms with E-state index in [0.29, 0.717) is 18.0 Å². The molecule has 0 atom stereocenters. The molecule has 0 saturated heterocycles. The number of hydrogen-bond donors (Lipinski definition) is 2. The summed E-state index contributed by atoms with van der Waals surface area (Å²) in [7, 11) is -2.19. The van der Waals surface area contributed by atoms with Gasteiger partial charge in [-0.25, -0.2) is 13.1 Å². The highest BCUT2D eigenvalue weighted by atomic mass is 32.2. The van der Waals surface area contributed by atoms with Gasteiger partial charge in [0.25, 0.3) is 0 Å². The first-order valence-electron chi connectivity index (χ1n) is 6.29. The minimum Gasteiger partial charge on any atom is -0.495 e. The predicted octanol–water partition coefficient (Wildman–Crippen LogP) is 1.37. The van der Waals surface area contributed by atoms with E-state index >= 15 is 0 Å². The number of nitrogens with one attached hydrogen (secondary N) is 1. The van der Waals surface area contributed by atoms with Crippen LogP contribution in [0.1, 0.15) is 20.8 Å². The third kappa shape index (κ3) is 4.36. The summed E-state index contributed by atoms with van der Waals surface area (Å²) in [5, 5.41) is 0. The maximum absolute atomic E-state index is 12.2. The van der Waals surface area contributed by atoms with Crippen LogP contribution in [-0.4, -0.2) is 34.3 Å². The van der Waals surface area contributed by atoms with Gasteiger partial charge in [0.15, 0.2) is 0 Å². The molecule has 1 aromatic rings. The second-order valence-electron chi connectivity index (χ2n) is 4.92. The second-order valence-corrected chi connectivity index (χ2v) is 6.69. The molecule has 0 spiro atoms. The molecule has 0 aliphatic heterocycles. The Morgan fingerprint density at radius 1 is 1.35 bits per heavy atom. The Balaban J connectivity index is 2.89. The summed E-state index contributed by atoms with van der Waals surface area (Å²) in [6, 6.07) is 4.33. The van der Waals surface area contributed by atoms with Gasteiger partial charge in [0.1, 0.15) is 5.75 Å². The van der Waals surface area contributed by atoms with Gasteiger partial charge in [-0.1, -0.05) is 0 Å². The van der Waals surface area contributed by atoms with Crippen molar-refractivity contribution in [1.82, 2.24) is 4.72 Å². The van der Waals surface area contributed by atoms with Gasteiger partial charge in [-0.2, -0.15) is 0 Å². The van der Waals surface area contributed by atoms with Crippen molar-refractivity contribution in [2.75, 3.05) is 26.0 Å². The Kier molecular flexibility index (Phi) is 5.38. The minimum absolute atomic E-state index is 0.107. The van der Waals surface area contributed by atoms with Crippen LogP contribution in [0, 0.1) is 0 Å². The molecule has 6 nitrogen and oxygen atoms in total. The van der Waals surface area contributed by atoms with E-state index in [2.05, 4.69) is 4.72 Å². The zero-order chi connectivity index (χ0) is 15.4. The molecule has 0 unspecified atom stereocenters. The smallest absolute Gasteiger partial charge is 0.240 e. The maximum atomic E-state index is 12.2. The number of rotatable bonds is 7. The number of hydrogen-bond acceptors (Lipinski definition) is 5. The summed E-state index contributed by atoms with van der Waals surface area (Å²) in [6.07, 6.45) is 0. The number of ether oxygens (including phenoxy) is 2. The van der Waals surface area contributed by atoms with E-state index in [1.165, 1.54) is 25.3 Å². The first kappa shape index (κ1) is 16.7. The lowest BCUT2D eigenvalue weighted by molar-refractivity contribution is -0.00515. The summed E-state index contributed by atoms with van der Waals surface area (Å²) in [5.74, 6) is 0.331. The van der Waals surface area contributed by atoms with Gasteiger partial charge in [-0.3, -0.25) is 0 Å². The van der Waals surface area contributed by atoms with Crippen molar-refractivity contribution in [2.45, 2.75) is 31.3 Å². The third-order valence-electron chi connectivity index (χ3n) is 2.74. The fourth-order valence-corrected chi connectivity index (χ4v) is 2.87. The summed E-state index contributed by atoms with van der Waals surface area (Å²) in [5.41, 5.74) is 5.49. The largest absolute Gasteiger partial charge is 0.495 e. The zero-order valence-corrected chi connectivity index (χ0v) is 13.1. The molecule has 0 saturated carbocycles. The van der Waals surface area contributed by atoms with Gasteiger partial charge >= 0.3 is 0 Å². The van der Waals surface area contributed by atoms with Crippen molar-refractivity contribution in [1.29, 1.82) is 0 Å².